The zero-order chi connectivity index (χ0) is 15.6. The van der Waals surface area contributed by atoms with Crippen LogP contribution >= 0.6 is 11.3 Å². The van der Waals surface area contributed by atoms with E-state index >= 15 is 0 Å². The number of amides is 1. The Morgan fingerprint density at radius 1 is 1.52 bits per heavy atom. The first-order valence-electron chi connectivity index (χ1n) is 5.97. The van der Waals surface area contributed by atoms with Crippen LogP contribution in [0.25, 0.3) is 10.2 Å². The number of methoxy groups -OCH3 is 1. The van der Waals surface area contributed by atoms with Crippen LogP contribution in [0, 0.1) is 0 Å². The molecule has 2 aromatic rings. The molecule has 0 aliphatic carbocycles. The van der Waals surface area contributed by atoms with Crippen LogP contribution in [-0.2, 0) is 22.5 Å². The monoisotopic (exact) mass is 311 g/mol. The highest BCUT2D eigenvalue weighted by atomic mass is 32.1. The summed E-state index contributed by atoms with van der Waals surface area (Å²) < 4.78 is 6.04. The Kier molecular flexibility index (Phi) is 4.34. The largest absolute Gasteiger partial charge is 0.478 e. The van der Waals surface area contributed by atoms with Gasteiger partial charge >= 0.3 is 5.97 Å². The number of thiophene rings is 1. The number of hydrogen-bond acceptors (Lipinski definition) is 6. The molecule has 3 N–H and O–H groups in total. The van der Waals surface area contributed by atoms with Crippen molar-refractivity contribution in [2.24, 2.45) is 5.73 Å². The highest BCUT2D eigenvalue weighted by molar-refractivity contribution is 7.17. The predicted octanol–water partition coefficient (Wildman–Crippen LogP) is -0.170. The molecule has 0 radical (unpaired) electrons. The van der Waals surface area contributed by atoms with Crippen LogP contribution in [0.4, 0.5) is 0 Å². The average molecular weight is 311 g/mol. The maximum atomic E-state index is 12.5. The van der Waals surface area contributed by atoms with Gasteiger partial charge in [-0.2, -0.15) is 0 Å². The Bertz CT molecular complexity index is 764. The van der Waals surface area contributed by atoms with Crippen molar-refractivity contribution >= 4 is 33.4 Å². The van der Waals surface area contributed by atoms with Gasteiger partial charge in [0.25, 0.3) is 5.56 Å². The van der Waals surface area contributed by atoms with Crippen molar-refractivity contribution in [2.45, 2.75) is 13.0 Å². The van der Waals surface area contributed by atoms with Crippen LogP contribution in [0.15, 0.2) is 10.2 Å². The predicted molar refractivity (Wildman–Crippen MR) is 75.6 cm³/mol. The average Bonchev–Trinajstić information content (AvgIpc) is 2.83. The van der Waals surface area contributed by atoms with E-state index in [4.69, 9.17) is 15.6 Å². The van der Waals surface area contributed by atoms with Gasteiger partial charge in [0, 0.05) is 18.9 Å². The van der Waals surface area contributed by atoms with Crippen molar-refractivity contribution in [1.82, 2.24) is 9.55 Å². The third-order valence-electron chi connectivity index (χ3n) is 2.85. The topological polar surface area (TPSA) is 125 Å². The Morgan fingerprint density at radius 3 is 2.81 bits per heavy atom. The van der Waals surface area contributed by atoms with E-state index in [1.165, 1.54) is 12.5 Å². The van der Waals surface area contributed by atoms with Crippen LogP contribution in [0.3, 0.4) is 0 Å². The molecule has 0 bridgehead atoms. The minimum Gasteiger partial charge on any atom is -0.478 e. The van der Waals surface area contributed by atoms with E-state index in [0.717, 1.165) is 15.9 Å². The molecule has 0 atom stereocenters. The van der Waals surface area contributed by atoms with Gasteiger partial charge in [-0.25, -0.2) is 9.78 Å². The second-order valence-electron chi connectivity index (χ2n) is 4.26. The van der Waals surface area contributed by atoms with Crippen molar-refractivity contribution in [2.75, 3.05) is 13.7 Å². The van der Waals surface area contributed by atoms with E-state index in [2.05, 4.69) is 4.98 Å². The summed E-state index contributed by atoms with van der Waals surface area (Å²) in [6, 6.07) is 0. The first kappa shape index (κ1) is 15.1. The quantitative estimate of drug-likeness (QED) is 0.763. The van der Waals surface area contributed by atoms with Crippen LogP contribution in [0.5, 0.6) is 0 Å². The summed E-state index contributed by atoms with van der Waals surface area (Å²) in [5.74, 6) is -1.58. The molecule has 2 heterocycles. The van der Waals surface area contributed by atoms with Crippen molar-refractivity contribution in [3.63, 3.8) is 0 Å². The van der Waals surface area contributed by atoms with Crippen molar-refractivity contribution in [1.29, 1.82) is 0 Å². The van der Waals surface area contributed by atoms with Crippen molar-refractivity contribution in [3.8, 4) is 0 Å². The second kappa shape index (κ2) is 6.02. The third-order valence-corrected chi connectivity index (χ3v) is 3.72. The number of hydrogen-bond donors (Lipinski definition) is 2. The lowest BCUT2D eigenvalue weighted by Crippen LogP contribution is -2.32. The van der Waals surface area contributed by atoms with E-state index in [1.54, 1.807) is 0 Å². The molecule has 21 heavy (non-hydrogen) atoms. The number of rotatable bonds is 6. The zero-order valence-corrected chi connectivity index (χ0v) is 12.0. The Morgan fingerprint density at radius 2 is 2.24 bits per heavy atom. The minimum absolute atomic E-state index is 0.00471. The number of nitrogens with two attached hydrogens (primary N) is 1. The summed E-state index contributed by atoms with van der Waals surface area (Å²) in [4.78, 5) is 39.3. The van der Waals surface area contributed by atoms with Gasteiger partial charge in [-0.3, -0.25) is 14.2 Å². The lowest BCUT2D eigenvalue weighted by molar-refractivity contribution is -0.118. The number of carboxylic acids is 1. The number of carbonyl (C=O) groups excluding carboxylic acids is 1. The van der Waals surface area contributed by atoms with Crippen LogP contribution in [0.2, 0.25) is 0 Å². The molecular weight excluding hydrogens is 298 g/mol. The zero-order valence-electron chi connectivity index (χ0n) is 11.2. The van der Waals surface area contributed by atoms with Crippen LogP contribution < -0.4 is 11.3 Å². The molecule has 0 aliphatic heterocycles. The fraction of sp³-hybridized carbons (Fsp3) is 0.333. The summed E-state index contributed by atoms with van der Waals surface area (Å²) >= 11 is 1.07. The first-order chi connectivity index (χ1) is 9.95. The molecule has 0 unspecified atom stereocenters. The fourth-order valence-electron chi connectivity index (χ4n) is 1.93. The third kappa shape index (κ3) is 2.93. The number of nitrogens with zero attached hydrogens (tertiary/aromatic N) is 2. The second-order valence-corrected chi connectivity index (χ2v) is 5.12. The van der Waals surface area contributed by atoms with Crippen LogP contribution in [0.1, 0.15) is 16.2 Å². The smallest absolute Gasteiger partial charge is 0.337 e. The molecule has 8 nitrogen and oxygen atoms in total. The maximum absolute atomic E-state index is 12.5. The number of fused-ring (bicyclic) bond motifs is 1. The number of primary amides is 1. The molecular formula is C12H13N3O5S. The lowest BCUT2D eigenvalue weighted by Gasteiger charge is -2.10. The summed E-state index contributed by atoms with van der Waals surface area (Å²) in [6.07, 6.45) is 0.315. The molecule has 0 fully saturated rings. The van der Waals surface area contributed by atoms with Crippen LogP contribution in [-0.4, -0.2) is 40.3 Å². The standard InChI is InChI=1S/C12H13N3O5S/c1-20-3-2-8-14-10-9(6(5-21-10)12(18)19)11(17)15(8)4-7(13)16/h5H,2-4H2,1H3,(H2,13,16)(H,18,19). The van der Waals surface area contributed by atoms with E-state index in [1.807, 2.05) is 0 Å². The van der Waals surface area contributed by atoms with Gasteiger partial charge in [-0.15, -0.1) is 11.3 Å². The molecule has 0 aromatic carbocycles. The number of ether oxygens (including phenoxy) is 1. The SMILES string of the molecule is COCCc1nc2scc(C(=O)O)c2c(=O)n1CC(N)=O. The highest BCUT2D eigenvalue weighted by Gasteiger charge is 2.20. The molecule has 1 amide bonds. The molecule has 0 spiro atoms. The van der Waals surface area contributed by atoms with E-state index in [-0.39, 0.29) is 17.5 Å². The number of aromatic carboxylic acids is 1. The van der Waals surface area contributed by atoms with Gasteiger partial charge in [0.05, 0.1) is 17.6 Å². The normalized spacial score (nSPS) is 10.9. The summed E-state index contributed by atoms with van der Waals surface area (Å²) in [7, 11) is 1.50. The molecule has 0 saturated carbocycles. The van der Waals surface area contributed by atoms with Gasteiger partial charge in [0.1, 0.15) is 17.2 Å². The highest BCUT2D eigenvalue weighted by Crippen LogP contribution is 2.21. The van der Waals surface area contributed by atoms with E-state index in [9.17, 15) is 14.4 Å². The van der Waals surface area contributed by atoms with E-state index < -0.39 is 17.4 Å². The molecule has 112 valence electrons. The van der Waals surface area contributed by atoms with Gasteiger partial charge in [-0.05, 0) is 0 Å². The first-order valence-corrected chi connectivity index (χ1v) is 6.85. The number of carbonyl (C=O) groups is 2. The molecule has 0 saturated heterocycles. The van der Waals surface area contributed by atoms with Gasteiger partial charge < -0.3 is 15.6 Å². The lowest BCUT2D eigenvalue weighted by atomic mass is 10.2. The minimum atomic E-state index is -1.21. The molecule has 0 aliphatic rings. The summed E-state index contributed by atoms with van der Waals surface area (Å²) in [6.45, 7) is -0.0381. The van der Waals surface area contributed by atoms with Gasteiger partial charge in [-0.1, -0.05) is 0 Å². The molecule has 2 aromatic heterocycles. The Balaban J connectivity index is 2.70. The number of aromatic nitrogens is 2. The van der Waals surface area contributed by atoms with Gasteiger partial charge in [0.2, 0.25) is 5.91 Å². The Labute approximate surface area is 122 Å². The maximum Gasteiger partial charge on any atom is 0.337 e. The Hall–Kier alpha value is -2.26. The van der Waals surface area contributed by atoms with Crippen molar-refractivity contribution < 1.29 is 19.4 Å². The van der Waals surface area contributed by atoms with Gasteiger partial charge in [0.15, 0.2) is 0 Å². The molecule has 9 heteroatoms. The summed E-state index contributed by atoms with van der Waals surface area (Å²) in [5, 5.41) is 10.5. The van der Waals surface area contributed by atoms with Crippen molar-refractivity contribution in [3.05, 3.63) is 27.1 Å². The van der Waals surface area contributed by atoms with E-state index in [0.29, 0.717) is 23.7 Å². The molecule has 2 rings (SSSR count). The summed E-state index contributed by atoms with van der Waals surface area (Å²) in [5.41, 5.74) is 4.44. The fourth-order valence-corrected chi connectivity index (χ4v) is 2.85. The number of carboxylic acid groups (broad SMARTS) is 1.